The molecule has 2 aliphatic heterocycles. The summed E-state index contributed by atoms with van der Waals surface area (Å²) < 4.78 is 0. The van der Waals surface area contributed by atoms with Crippen LogP contribution in [0.15, 0.2) is 29.3 Å². The van der Waals surface area contributed by atoms with Crippen LogP contribution >= 0.6 is 12.4 Å². The van der Waals surface area contributed by atoms with Gasteiger partial charge in [0.15, 0.2) is 0 Å². The van der Waals surface area contributed by atoms with Crippen LogP contribution in [0.3, 0.4) is 0 Å². The zero-order chi connectivity index (χ0) is 11.1. The zero-order valence-corrected chi connectivity index (χ0v) is 11.1. The summed E-state index contributed by atoms with van der Waals surface area (Å²) in [7, 11) is 0. The second kappa shape index (κ2) is 4.57. The molecule has 0 radical (unpaired) electrons. The van der Waals surface area contributed by atoms with Crippen molar-refractivity contribution < 1.29 is 0 Å². The van der Waals surface area contributed by atoms with E-state index in [9.17, 15) is 0 Å². The number of guanidine groups is 1. The van der Waals surface area contributed by atoms with Crippen molar-refractivity contribution in [3.05, 3.63) is 24.3 Å². The van der Waals surface area contributed by atoms with Gasteiger partial charge >= 0.3 is 0 Å². The van der Waals surface area contributed by atoms with Gasteiger partial charge in [-0.05, 0) is 25.5 Å². The second-order valence-corrected chi connectivity index (χ2v) is 4.45. The molecule has 2 aliphatic rings. The molecule has 4 heteroatoms. The highest BCUT2D eigenvalue weighted by atomic mass is 35.5. The Morgan fingerprint density at radius 3 is 2.71 bits per heavy atom. The quantitative estimate of drug-likeness (QED) is 0.805. The van der Waals surface area contributed by atoms with Gasteiger partial charge in [-0.15, -0.1) is 12.4 Å². The molecule has 0 fully saturated rings. The Morgan fingerprint density at radius 2 is 2.00 bits per heavy atom. The average Bonchev–Trinajstić information content (AvgIpc) is 2.87. The molecule has 3 rings (SSSR count). The van der Waals surface area contributed by atoms with E-state index in [4.69, 9.17) is 0 Å². The summed E-state index contributed by atoms with van der Waals surface area (Å²) in [6.45, 7) is 6.45. The third-order valence-electron chi connectivity index (χ3n) is 3.50. The van der Waals surface area contributed by atoms with Crippen molar-refractivity contribution >= 4 is 29.7 Å². The maximum atomic E-state index is 4.63. The summed E-state index contributed by atoms with van der Waals surface area (Å²) in [5.41, 5.74) is 2.63. The van der Waals surface area contributed by atoms with Crippen LogP contribution in [0.5, 0.6) is 0 Å². The molecule has 0 N–H and O–H groups in total. The molecule has 0 aliphatic carbocycles. The minimum Gasteiger partial charge on any atom is -0.308 e. The van der Waals surface area contributed by atoms with Crippen molar-refractivity contribution in [2.75, 3.05) is 22.9 Å². The van der Waals surface area contributed by atoms with Gasteiger partial charge < -0.3 is 9.80 Å². The number of nitrogens with zero attached hydrogens (tertiary/aromatic N) is 3. The van der Waals surface area contributed by atoms with Crippen LogP contribution in [-0.2, 0) is 0 Å². The number of anilines is 2. The molecule has 1 aromatic rings. The first-order valence-corrected chi connectivity index (χ1v) is 6.03. The Balaban J connectivity index is 0.00000108. The molecule has 92 valence electrons. The first kappa shape index (κ1) is 12.2. The summed E-state index contributed by atoms with van der Waals surface area (Å²) in [6, 6.07) is 9.12. The third-order valence-corrected chi connectivity index (χ3v) is 3.50. The van der Waals surface area contributed by atoms with Crippen molar-refractivity contribution in [2.45, 2.75) is 26.3 Å². The lowest BCUT2D eigenvalue weighted by molar-refractivity contribution is 0.703. The van der Waals surface area contributed by atoms with Crippen LogP contribution in [0.1, 0.15) is 20.3 Å². The third kappa shape index (κ3) is 1.69. The van der Waals surface area contributed by atoms with Crippen molar-refractivity contribution in [3.8, 4) is 0 Å². The molecule has 0 aromatic heterocycles. The molecule has 0 amide bonds. The number of fused-ring (bicyclic) bond motifs is 3. The molecule has 1 atom stereocenters. The van der Waals surface area contributed by atoms with Crippen molar-refractivity contribution in [2.24, 2.45) is 4.99 Å². The fourth-order valence-electron chi connectivity index (χ4n) is 2.49. The van der Waals surface area contributed by atoms with E-state index < -0.39 is 0 Å². The molecule has 0 saturated carbocycles. The van der Waals surface area contributed by atoms with E-state index in [0.29, 0.717) is 6.04 Å². The molecular weight excluding hydrogens is 234 g/mol. The largest absolute Gasteiger partial charge is 0.308 e. The summed E-state index contributed by atoms with van der Waals surface area (Å²) in [6.07, 6.45) is 1.14. The molecular formula is C13H18ClN3. The average molecular weight is 252 g/mol. The smallest absolute Gasteiger partial charge is 0.206 e. The lowest BCUT2D eigenvalue weighted by Crippen LogP contribution is -2.40. The van der Waals surface area contributed by atoms with Gasteiger partial charge in [-0.2, -0.15) is 0 Å². The predicted octanol–water partition coefficient (Wildman–Crippen LogP) is 2.90. The van der Waals surface area contributed by atoms with E-state index in [1.165, 1.54) is 11.4 Å². The van der Waals surface area contributed by atoms with Crippen LogP contribution < -0.4 is 9.80 Å². The highest BCUT2D eigenvalue weighted by Crippen LogP contribution is 2.39. The lowest BCUT2D eigenvalue weighted by atomic mass is 10.2. The molecule has 0 bridgehead atoms. The Labute approximate surface area is 109 Å². The monoisotopic (exact) mass is 251 g/mol. The van der Waals surface area contributed by atoms with Gasteiger partial charge in [0.05, 0.1) is 17.9 Å². The summed E-state index contributed by atoms with van der Waals surface area (Å²) >= 11 is 0. The van der Waals surface area contributed by atoms with Gasteiger partial charge in [-0.3, -0.25) is 4.99 Å². The normalized spacial score (nSPS) is 18.4. The van der Waals surface area contributed by atoms with E-state index in [1.54, 1.807) is 0 Å². The summed E-state index contributed by atoms with van der Waals surface area (Å²) in [5.74, 6) is 1.15. The molecule has 1 unspecified atom stereocenters. The minimum absolute atomic E-state index is 0. The van der Waals surface area contributed by atoms with Gasteiger partial charge in [0.1, 0.15) is 0 Å². The first-order valence-electron chi connectivity index (χ1n) is 6.03. The predicted molar refractivity (Wildman–Crippen MR) is 75.6 cm³/mol. The van der Waals surface area contributed by atoms with Gasteiger partial charge in [-0.1, -0.05) is 19.1 Å². The van der Waals surface area contributed by atoms with Gasteiger partial charge in [0, 0.05) is 12.6 Å². The number of hydrogen-bond acceptors (Lipinski definition) is 3. The zero-order valence-electron chi connectivity index (χ0n) is 10.3. The molecule has 1 aromatic carbocycles. The van der Waals surface area contributed by atoms with Crippen molar-refractivity contribution in [1.29, 1.82) is 0 Å². The fraction of sp³-hybridized carbons (Fsp3) is 0.462. The van der Waals surface area contributed by atoms with Crippen LogP contribution in [0.4, 0.5) is 11.4 Å². The van der Waals surface area contributed by atoms with Gasteiger partial charge in [-0.25, -0.2) is 0 Å². The van der Waals surface area contributed by atoms with Crippen molar-refractivity contribution in [3.63, 3.8) is 0 Å². The molecule has 0 spiro atoms. The summed E-state index contributed by atoms with van der Waals surface area (Å²) in [5, 5.41) is 0. The fourth-order valence-corrected chi connectivity index (χ4v) is 2.49. The number of halogens is 1. The van der Waals surface area contributed by atoms with Gasteiger partial charge in [0.25, 0.3) is 0 Å². The molecule has 3 nitrogen and oxygen atoms in total. The molecule has 2 heterocycles. The minimum atomic E-state index is 0. The maximum absolute atomic E-state index is 4.63. The number of benzene rings is 1. The topological polar surface area (TPSA) is 18.8 Å². The first-order chi connectivity index (χ1) is 7.83. The molecule has 0 saturated heterocycles. The number of para-hydroxylation sites is 2. The van der Waals surface area contributed by atoms with Crippen LogP contribution in [0.2, 0.25) is 0 Å². The number of hydrogen-bond donors (Lipinski definition) is 0. The Hall–Kier alpha value is -1.22. The Bertz CT molecular complexity index is 444. The highest BCUT2D eigenvalue weighted by molar-refractivity contribution is 6.17. The number of rotatable bonds is 2. The Morgan fingerprint density at radius 1 is 1.29 bits per heavy atom. The summed E-state index contributed by atoms with van der Waals surface area (Å²) in [4.78, 5) is 9.34. The van der Waals surface area contributed by atoms with E-state index in [-0.39, 0.29) is 12.4 Å². The lowest BCUT2D eigenvalue weighted by Gasteiger charge is -2.25. The second-order valence-electron chi connectivity index (χ2n) is 4.45. The van der Waals surface area contributed by atoms with Gasteiger partial charge in [0.2, 0.25) is 5.96 Å². The maximum Gasteiger partial charge on any atom is 0.206 e. The van der Waals surface area contributed by atoms with Crippen molar-refractivity contribution in [1.82, 2.24) is 0 Å². The van der Waals surface area contributed by atoms with E-state index in [0.717, 1.165) is 25.5 Å². The van der Waals surface area contributed by atoms with E-state index >= 15 is 0 Å². The van der Waals surface area contributed by atoms with Crippen LogP contribution in [0, 0.1) is 0 Å². The molecule has 17 heavy (non-hydrogen) atoms. The standard InChI is InChI=1S/C13H17N3.ClH/c1-3-10(2)16-12-7-5-4-6-11(12)15-9-8-14-13(15)16;/h4-7,10H,3,8-9H2,1-2H3;1H. The Kier molecular flexibility index (Phi) is 3.29. The number of aliphatic imine (C=N–C) groups is 1. The highest BCUT2D eigenvalue weighted by Gasteiger charge is 2.36. The van der Waals surface area contributed by atoms with E-state index in [1.807, 2.05) is 0 Å². The SMILES string of the molecule is CCC(C)N1C2=NCCN2c2ccccc21.Cl. The van der Waals surface area contributed by atoms with E-state index in [2.05, 4.69) is 52.9 Å². The van der Waals surface area contributed by atoms with Crippen LogP contribution in [0.25, 0.3) is 0 Å². The van der Waals surface area contributed by atoms with Crippen LogP contribution in [-0.4, -0.2) is 25.1 Å².